The Morgan fingerprint density at radius 2 is 1.22 bits per heavy atom. The average Bonchev–Trinajstić information content (AvgIpc) is 2.93. The Morgan fingerprint density at radius 3 is 2.00 bits per heavy atom. The number of para-hydroxylation sites is 2. The zero-order valence-corrected chi connectivity index (χ0v) is 19.5. The smallest absolute Gasteiger partial charge is 0.141 e. The molecule has 3 heteroatoms. The standard InChI is InChI=1S/C17H12NO2.C16H11/c19-16-8-4-3-7-15(16)18-11-14-9-12-5-1-2-6-13(12)10-17(14)20;1-2-6-13(7-3-1)16-11-10-14-8-4-5-9-15(14)12-16/h1-9,11,19-20H;1-11H. The van der Waals surface area contributed by atoms with E-state index in [-0.39, 0.29) is 11.5 Å². The molecule has 2 N–H and O–H groups in total. The van der Waals surface area contributed by atoms with Crippen LogP contribution in [0.3, 0.4) is 0 Å². The third-order valence-corrected chi connectivity index (χ3v) is 5.77. The fourth-order valence-electron chi connectivity index (χ4n) is 3.89. The van der Waals surface area contributed by atoms with Crippen LogP contribution >= 0.6 is 0 Å². The molecule has 172 valence electrons. The van der Waals surface area contributed by atoms with Crippen LogP contribution in [-0.2, 0) is 0 Å². The molecule has 0 heterocycles. The minimum atomic E-state index is 0.0443. The Balaban J connectivity index is 0.000000152. The Bertz CT molecular complexity index is 1660. The molecule has 3 nitrogen and oxygen atoms in total. The van der Waals surface area contributed by atoms with E-state index in [0.717, 1.165) is 16.3 Å². The normalized spacial score (nSPS) is 10.9. The van der Waals surface area contributed by atoms with Crippen molar-refractivity contribution in [1.82, 2.24) is 0 Å². The van der Waals surface area contributed by atoms with Gasteiger partial charge in [-0.15, -0.1) is 0 Å². The quantitative estimate of drug-likeness (QED) is 0.259. The van der Waals surface area contributed by atoms with E-state index in [2.05, 4.69) is 71.7 Å². The van der Waals surface area contributed by atoms with Crippen molar-refractivity contribution in [1.29, 1.82) is 0 Å². The largest absolute Gasteiger partial charge is 0.507 e. The highest BCUT2D eigenvalue weighted by Crippen LogP contribution is 2.27. The first-order chi connectivity index (χ1) is 17.7. The average molecular weight is 466 g/mol. The number of rotatable bonds is 3. The van der Waals surface area contributed by atoms with E-state index in [1.165, 1.54) is 22.6 Å². The molecule has 36 heavy (non-hydrogen) atoms. The van der Waals surface area contributed by atoms with Gasteiger partial charge in [-0.3, -0.25) is 4.99 Å². The lowest BCUT2D eigenvalue weighted by Gasteiger charge is -2.02. The van der Waals surface area contributed by atoms with Crippen LogP contribution in [0.2, 0.25) is 0 Å². The number of benzene rings is 6. The van der Waals surface area contributed by atoms with Crippen LogP contribution < -0.4 is 0 Å². The van der Waals surface area contributed by atoms with Gasteiger partial charge in [-0.2, -0.15) is 0 Å². The lowest BCUT2D eigenvalue weighted by molar-refractivity contribution is 0.473. The number of aromatic hydroxyl groups is 2. The van der Waals surface area contributed by atoms with Gasteiger partial charge in [-0.05, 0) is 56.9 Å². The molecule has 0 atom stereocenters. The van der Waals surface area contributed by atoms with E-state index in [4.69, 9.17) is 0 Å². The van der Waals surface area contributed by atoms with Gasteiger partial charge >= 0.3 is 0 Å². The highest BCUT2D eigenvalue weighted by Gasteiger charge is 2.03. The van der Waals surface area contributed by atoms with Crippen LogP contribution in [-0.4, -0.2) is 16.4 Å². The predicted octanol–water partition coefficient (Wildman–Crippen LogP) is 8.11. The van der Waals surface area contributed by atoms with Crippen LogP contribution in [0.1, 0.15) is 5.56 Å². The molecule has 0 aromatic heterocycles. The number of hydrogen-bond donors (Lipinski definition) is 2. The molecule has 0 fully saturated rings. The van der Waals surface area contributed by atoms with Crippen molar-refractivity contribution >= 4 is 33.4 Å². The maximum Gasteiger partial charge on any atom is 0.141 e. The zero-order chi connectivity index (χ0) is 24.7. The molecule has 0 amide bonds. The summed E-state index contributed by atoms with van der Waals surface area (Å²) in [4.78, 5) is 4.19. The molecule has 0 saturated heterocycles. The van der Waals surface area contributed by atoms with Crippen molar-refractivity contribution in [2.45, 2.75) is 0 Å². The SMILES string of the molecule is Oc1[c]c2ccccc2cc1C=Nc1ccccc1O.[c]1c(-c2ccccc2)ccc2ccccc12. The lowest BCUT2D eigenvalue weighted by Crippen LogP contribution is -1.84. The van der Waals surface area contributed by atoms with Gasteiger partial charge in [0.15, 0.2) is 0 Å². The molecule has 6 aromatic carbocycles. The van der Waals surface area contributed by atoms with Crippen molar-refractivity contribution < 1.29 is 10.2 Å². The first-order valence-electron chi connectivity index (χ1n) is 11.6. The summed E-state index contributed by atoms with van der Waals surface area (Å²) in [5.41, 5.74) is 3.39. The summed E-state index contributed by atoms with van der Waals surface area (Å²) in [6.07, 6.45) is 1.52. The van der Waals surface area contributed by atoms with Gasteiger partial charge in [0.2, 0.25) is 0 Å². The number of phenols is 2. The molecule has 0 saturated carbocycles. The Hall–Kier alpha value is -4.89. The van der Waals surface area contributed by atoms with Gasteiger partial charge < -0.3 is 10.2 Å². The number of fused-ring (bicyclic) bond motifs is 2. The summed E-state index contributed by atoms with van der Waals surface area (Å²) < 4.78 is 0. The van der Waals surface area contributed by atoms with Gasteiger partial charge in [-0.1, -0.05) is 103 Å². The third-order valence-electron chi connectivity index (χ3n) is 5.77. The van der Waals surface area contributed by atoms with E-state index >= 15 is 0 Å². The Kier molecular flexibility index (Phi) is 6.72. The van der Waals surface area contributed by atoms with Crippen molar-refractivity contribution in [3.8, 4) is 22.6 Å². The van der Waals surface area contributed by atoms with Crippen molar-refractivity contribution in [2.75, 3.05) is 0 Å². The van der Waals surface area contributed by atoms with Crippen LogP contribution in [0.15, 0.2) is 126 Å². The molecular formula is C33H23NO2. The molecule has 0 bridgehead atoms. The fraction of sp³-hybridized carbons (Fsp3) is 0. The molecule has 0 aliphatic rings. The van der Waals surface area contributed by atoms with Gasteiger partial charge in [0.1, 0.15) is 17.2 Å². The predicted molar refractivity (Wildman–Crippen MR) is 148 cm³/mol. The van der Waals surface area contributed by atoms with Gasteiger partial charge in [0.25, 0.3) is 0 Å². The van der Waals surface area contributed by atoms with E-state index < -0.39 is 0 Å². The molecule has 0 aliphatic carbocycles. The minimum Gasteiger partial charge on any atom is -0.507 e. The maximum atomic E-state index is 9.95. The number of phenolic OH excluding ortho intramolecular Hbond substituents is 2. The summed E-state index contributed by atoms with van der Waals surface area (Å²) in [7, 11) is 0. The maximum absolute atomic E-state index is 9.95. The van der Waals surface area contributed by atoms with Crippen molar-refractivity contribution in [3.63, 3.8) is 0 Å². The molecule has 2 radical (unpaired) electrons. The van der Waals surface area contributed by atoms with Gasteiger partial charge in [0, 0.05) is 17.8 Å². The van der Waals surface area contributed by atoms with Crippen LogP contribution in [0.25, 0.3) is 32.7 Å². The molecule has 0 unspecified atom stereocenters. The lowest BCUT2D eigenvalue weighted by atomic mass is 10.0. The number of hydrogen-bond acceptors (Lipinski definition) is 3. The topological polar surface area (TPSA) is 52.8 Å². The minimum absolute atomic E-state index is 0.0443. The second kappa shape index (κ2) is 10.6. The van der Waals surface area contributed by atoms with Gasteiger partial charge in [0.05, 0.1) is 0 Å². The third kappa shape index (κ3) is 5.26. The second-order valence-electron chi connectivity index (χ2n) is 8.23. The summed E-state index contributed by atoms with van der Waals surface area (Å²) in [5.74, 6) is 0.149. The van der Waals surface area contributed by atoms with Crippen LogP contribution in [0.5, 0.6) is 11.5 Å². The first kappa shape index (κ1) is 22.9. The van der Waals surface area contributed by atoms with Crippen molar-refractivity contribution in [2.24, 2.45) is 4.99 Å². The summed E-state index contributed by atoms with van der Waals surface area (Å²) in [6.45, 7) is 0. The molecular weight excluding hydrogens is 442 g/mol. The molecule has 6 aromatic rings. The summed E-state index contributed by atoms with van der Waals surface area (Å²) >= 11 is 0. The van der Waals surface area contributed by atoms with Crippen molar-refractivity contribution in [3.05, 3.63) is 139 Å². The zero-order valence-electron chi connectivity index (χ0n) is 19.5. The van der Waals surface area contributed by atoms with E-state index in [1.807, 2.05) is 42.5 Å². The monoisotopic (exact) mass is 465 g/mol. The van der Waals surface area contributed by atoms with Crippen LogP contribution in [0, 0.1) is 12.1 Å². The Labute approximate surface area is 210 Å². The van der Waals surface area contributed by atoms with E-state index in [9.17, 15) is 10.2 Å². The molecule has 6 rings (SSSR count). The van der Waals surface area contributed by atoms with E-state index in [1.54, 1.807) is 24.3 Å². The highest BCUT2D eigenvalue weighted by atomic mass is 16.3. The number of nitrogens with zero attached hydrogens (tertiary/aromatic N) is 1. The van der Waals surface area contributed by atoms with E-state index in [0.29, 0.717) is 11.3 Å². The fourth-order valence-corrected chi connectivity index (χ4v) is 3.89. The number of aliphatic imine (C=N–C) groups is 1. The Morgan fingerprint density at radius 1 is 0.583 bits per heavy atom. The molecule has 0 spiro atoms. The molecule has 0 aliphatic heterocycles. The summed E-state index contributed by atoms with van der Waals surface area (Å²) in [6, 6.07) is 45.6. The highest BCUT2D eigenvalue weighted by molar-refractivity contribution is 5.94. The van der Waals surface area contributed by atoms with Gasteiger partial charge in [-0.25, -0.2) is 0 Å². The summed E-state index contributed by atoms with van der Waals surface area (Å²) in [5, 5.41) is 23.8. The second-order valence-corrected chi connectivity index (χ2v) is 8.23. The first-order valence-corrected chi connectivity index (χ1v) is 11.6. The van der Waals surface area contributed by atoms with Crippen LogP contribution in [0.4, 0.5) is 5.69 Å².